The number of hydrogen-bond donors (Lipinski definition) is 4. The molecule has 0 rings (SSSR count). The van der Waals surface area contributed by atoms with E-state index in [1.165, 1.54) is 173 Å². The van der Waals surface area contributed by atoms with Crippen LogP contribution in [-0.4, -0.2) is 39.5 Å². The van der Waals surface area contributed by atoms with Crippen molar-refractivity contribution in [2.45, 2.75) is 257 Å². The quantitative estimate of drug-likeness (QED) is 0.0386. The van der Waals surface area contributed by atoms with Crippen molar-refractivity contribution < 1.29 is 20.1 Å². The normalized spacial score (nSPS) is 14.3. The molecule has 0 radical (unpaired) electrons. The van der Waals surface area contributed by atoms with Gasteiger partial charge in [-0.1, -0.05) is 226 Å². The van der Waals surface area contributed by atoms with E-state index in [2.05, 4.69) is 13.8 Å². The molecule has 0 aromatic heterocycles. The average molecular weight is 668 g/mol. The number of rotatable bonds is 39. The van der Waals surface area contributed by atoms with Gasteiger partial charge in [-0.3, -0.25) is 4.79 Å². The first-order valence-corrected chi connectivity index (χ1v) is 21.3. The number of carbonyl (C=O) groups excluding carboxylic acids is 1. The van der Waals surface area contributed by atoms with Gasteiger partial charge in [-0.2, -0.15) is 0 Å². The van der Waals surface area contributed by atoms with Gasteiger partial charge in [0.2, 0.25) is 0 Å². The highest BCUT2D eigenvalue weighted by Gasteiger charge is 2.34. The van der Waals surface area contributed by atoms with Crippen molar-refractivity contribution in [1.29, 1.82) is 0 Å². The van der Waals surface area contributed by atoms with Crippen molar-refractivity contribution in [3.05, 3.63) is 0 Å². The minimum Gasteiger partial charge on any atom is -0.392 e. The molecule has 4 unspecified atom stereocenters. The van der Waals surface area contributed by atoms with Gasteiger partial charge < -0.3 is 21.1 Å². The van der Waals surface area contributed by atoms with Crippen LogP contribution >= 0.6 is 0 Å². The Balaban J connectivity index is 3.70. The molecular formula is C42H85NO4. The van der Waals surface area contributed by atoms with Gasteiger partial charge in [0.05, 0.1) is 12.0 Å². The van der Waals surface area contributed by atoms with Crippen LogP contribution in [0.25, 0.3) is 0 Å². The van der Waals surface area contributed by atoms with Gasteiger partial charge in [-0.05, 0) is 12.8 Å². The first kappa shape index (κ1) is 46.5. The lowest BCUT2D eigenvalue weighted by Gasteiger charge is -2.26. The molecule has 47 heavy (non-hydrogen) atoms. The van der Waals surface area contributed by atoms with Gasteiger partial charge in [0, 0.05) is 0 Å². The van der Waals surface area contributed by atoms with Crippen LogP contribution in [-0.2, 0) is 4.79 Å². The van der Waals surface area contributed by atoms with E-state index in [1.807, 2.05) is 0 Å². The number of aliphatic hydroxyl groups excluding tert-OH is 3. The number of Topliss-reactive ketones (excluding diaryl/α,β-unsaturated/α-hetero) is 1. The Morgan fingerprint density at radius 1 is 0.404 bits per heavy atom. The van der Waals surface area contributed by atoms with Crippen molar-refractivity contribution in [1.82, 2.24) is 0 Å². The number of unbranched alkanes of at least 4 members (excludes halogenated alkanes) is 31. The Morgan fingerprint density at radius 3 is 0.894 bits per heavy atom. The third-order valence-corrected chi connectivity index (χ3v) is 10.4. The maximum Gasteiger partial charge on any atom is 0.170 e. The predicted molar refractivity (Wildman–Crippen MR) is 204 cm³/mol. The maximum atomic E-state index is 12.8. The number of aliphatic hydroxyl groups is 3. The Morgan fingerprint density at radius 2 is 0.638 bits per heavy atom. The first-order chi connectivity index (χ1) is 23.0. The molecule has 0 aliphatic rings. The van der Waals surface area contributed by atoms with E-state index >= 15 is 0 Å². The highest BCUT2D eigenvalue weighted by molar-refractivity contribution is 5.86. The first-order valence-electron chi connectivity index (χ1n) is 21.3. The molecule has 0 spiro atoms. The Hall–Kier alpha value is -0.490. The van der Waals surface area contributed by atoms with E-state index in [0.29, 0.717) is 12.8 Å². The Labute approximate surface area is 294 Å². The van der Waals surface area contributed by atoms with Gasteiger partial charge >= 0.3 is 0 Å². The zero-order chi connectivity index (χ0) is 34.6. The van der Waals surface area contributed by atoms with E-state index in [1.54, 1.807) is 0 Å². The summed E-state index contributed by atoms with van der Waals surface area (Å²) < 4.78 is 0. The third-order valence-electron chi connectivity index (χ3n) is 10.4. The molecule has 4 atom stereocenters. The molecule has 0 aromatic rings. The van der Waals surface area contributed by atoms with Crippen LogP contribution in [0, 0.1) is 5.92 Å². The number of carbonyl (C=O) groups is 1. The summed E-state index contributed by atoms with van der Waals surface area (Å²) in [5.41, 5.74) is 5.69. The topological polar surface area (TPSA) is 104 Å². The zero-order valence-corrected chi connectivity index (χ0v) is 31.9. The van der Waals surface area contributed by atoms with Crippen molar-refractivity contribution in [3.8, 4) is 0 Å². The predicted octanol–water partition coefficient (Wildman–Crippen LogP) is 11.9. The second-order valence-electron chi connectivity index (χ2n) is 15.0. The van der Waals surface area contributed by atoms with Crippen LogP contribution in [0.2, 0.25) is 0 Å². The number of hydrogen-bond acceptors (Lipinski definition) is 5. The minimum atomic E-state index is -1.44. The molecule has 282 valence electrons. The van der Waals surface area contributed by atoms with Crippen molar-refractivity contribution in [3.63, 3.8) is 0 Å². The van der Waals surface area contributed by atoms with Gasteiger partial charge in [0.25, 0.3) is 0 Å². The summed E-state index contributed by atoms with van der Waals surface area (Å²) in [6, 6.07) is 0. The molecule has 0 heterocycles. The molecule has 5 heteroatoms. The standard InChI is InChI=1S/C42H85NO4/c1-3-5-7-9-11-13-15-17-18-19-20-21-22-23-25-27-29-31-33-35-37-39(45)41(46)40(42(43)47)38(44)36-34-32-30-28-26-24-16-14-12-10-8-6-4-2/h38-40,42,44-45,47H,3-37,43H2,1-2H3. The smallest absolute Gasteiger partial charge is 0.170 e. The van der Waals surface area contributed by atoms with Crippen LogP contribution in [0.1, 0.15) is 239 Å². The average Bonchev–Trinajstić information content (AvgIpc) is 3.05. The second kappa shape index (κ2) is 36.8. The molecule has 0 saturated carbocycles. The fourth-order valence-corrected chi connectivity index (χ4v) is 7.09. The summed E-state index contributed by atoms with van der Waals surface area (Å²) in [5.74, 6) is -1.60. The van der Waals surface area contributed by atoms with Crippen molar-refractivity contribution in [2.24, 2.45) is 11.7 Å². The van der Waals surface area contributed by atoms with E-state index < -0.39 is 30.1 Å². The minimum absolute atomic E-state index is 0.381. The van der Waals surface area contributed by atoms with E-state index in [0.717, 1.165) is 38.5 Å². The summed E-state index contributed by atoms with van der Waals surface area (Å²) in [6.45, 7) is 4.54. The molecule has 0 amide bonds. The molecule has 0 aliphatic heterocycles. The molecule has 0 saturated heterocycles. The van der Waals surface area contributed by atoms with Crippen LogP contribution < -0.4 is 5.73 Å². The van der Waals surface area contributed by atoms with Crippen LogP contribution in [0.5, 0.6) is 0 Å². The molecule has 5 N–H and O–H groups in total. The van der Waals surface area contributed by atoms with Crippen LogP contribution in [0.4, 0.5) is 0 Å². The van der Waals surface area contributed by atoms with Gasteiger partial charge in [-0.25, -0.2) is 0 Å². The van der Waals surface area contributed by atoms with Crippen LogP contribution in [0.3, 0.4) is 0 Å². The largest absolute Gasteiger partial charge is 0.392 e. The monoisotopic (exact) mass is 668 g/mol. The highest BCUT2D eigenvalue weighted by atomic mass is 16.3. The Bertz CT molecular complexity index is 628. The third kappa shape index (κ3) is 31.2. The fourth-order valence-electron chi connectivity index (χ4n) is 7.09. The summed E-state index contributed by atoms with van der Waals surface area (Å²) >= 11 is 0. The second-order valence-corrected chi connectivity index (χ2v) is 15.0. The van der Waals surface area contributed by atoms with E-state index in [-0.39, 0.29) is 0 Å². The van der Waals surface area contributed by atoms with E-state index in [9.17, 15) is 20.1 Å². The lowest BCUT2D eigenvalue weighted by molar-refractivity contribution is -0.140. The number of ketones is 1. The number of nitrogens with two attached hydrogens (primary N) is 1. The summed E-state index contributed by atoms with van der Waals surface area (Å²) in [5, 5.41) is 31.2. The summed E-state index contributed by atoms with van der Waals surface area (Å²) in [7, 11) is 0. The zero-order valence-electron chi connectivity index (χ0n) is 31.9. The lowest BCUT2D eigenvalue weighted by atomic mass is 9.87. The molecule has 5 nitrogen and oxygen atoms in total. The molecule has 0 fully saturated rings. The van der Waals surface area contributed by atoms with Gasteiger partial charge in [0.15, 0.2) is 5.78 Å². The Kier molecular flexibility index (Phi) is 36.4. The lowest BCUT2D eigenvalue weighted by Crippen LogP contribution is -2.47. The van der Waals surface area contributed by atoms with Gasteiger partial charge in [-0.15, -0.1) is 0 Å². The summed E-state index contributed by atoms with van der Waals surface area (Å²) in [6.07, 6.45) is 39.9. The molecule has 0 aromatic carbocycles. The SMILES string of the molecule is CCCCCCCCCCCCCCCCCCCCCCC(O)C(=O)C(C(N)O)C(O)CCCCCCCCCCCCCCC. The van der Waals surface area contributed by atoms with Crippen LogP contribution in [0.15, 0.2) is 0 Å². The molecular weight excluding hydrogens is 582 g/mol. The maximum absolute atomic E-state index is 12.8. The summed E-state index contributed by atoms with van der Waals surface area (Å²) in [4.78, 5) is 12.8. The molecule has 0 aliphatic carbocycles. The van der Waals surface area contributed by atoms with Gasteiger partial charge in [0.1, 0.15) is 12.3 Å². The highest BCUT2D eigenvalue weighted by Crippen LogP contribution is 2.21. The van der Waals surface area contributed by atoms with Crippen molar-refractivity contribution >= 4 is 5.78 Å². The molecule has 0 bridgehead atoms. The fraction of sp³-hybridized carbons (Fsp3) is 0.976. The van der Waals surface area contributed by atoms with E-state index in [4.69, 9.17) is 5.73 Å². The van der Waals surface area contributed by atoms with Crippen molar-refractivity contribution in [2.75, 3.05) is 0 Å².